The van der Waals surface area contributed by atoms with Gasteiger partial charge in [-0.25, -0.2) is 4.39 Å². The predicted molar refractivity (Wildman–Crippen MR) is 59.7 cm³/mol. The Morgan fingerprint density at radius 2 is 2.00 bits per heavy atom. The highest BCUT2D eigenvalue weighted by Gasteiger charge is 2.22. The number of hydrogen-bond acceptors (Lipinski definition) is 2. The quantitative estimate of drug-likeness (QED) is 0.779. The molecule has 0 bridgehead atoms. The Bertz CT molecular complexity index is 400. The Labute approximate surface area is 91.0 Å². The molecule has 0 unspecified atom stereocenters. The standard InChI is InChI=1S/C9H11BrFO2P/c1-13-8-5-6(10)4-7(11)9(8)14(2,3)12/h4-5H,1-3H3. The Morgan fingerprint density at radius 1 is 1.43 bits per heavy atom. The lowest BCUT2D eigenvalue weighted by atomic mass is 10.3. The molecule has 1 aromatic rings. The summed E-state index contributed by atoms with van der Waals surface area (Å²) in [6.07, 6.45) is 0. The normalized spacial score (nSPS) is 11.5. The van der Waals surface area contributed by atoms with Crippen molar-refractivity contribution in [1.29, 1.82) is 0 Å². The van der Waals surface area contributed by atoms with Crippen LogP contribution in [0.25, 0.3) is 0 Å². The monoisotopic (exact) mass is 280 g/mol. The van der Waals surface area contributed by atoms with Gasteiger partial charge in [0.1, 0.15) is 18.7 Å². The summed E-state index contributed by atoms with van der Waals surface area (Å²) in [5.74, 6) is -0.172. The molecule has 0 aliphatic carbocycles. The minimum absolute atomic E-state index is 0.170. The largest absolute Gasteiger partial charge is 0.496 e. The molecule has 1 rings (SSSR count). The molecule has 0 N–H and O–H groups in total. The number of benzene rings is 1. The average Bonchev–Trinajstić information content (AvgIpc) is 1.99. The van der Waals surface area contributed by atoms with E-state index in [0.29, 0.717) is 10.2 Å². The van der Waals surface area contributed by atoms with Gasteiger partial charge in [0.05, 0.1) is 12.4 Å². The van der Waals surface area contributed by atoms with Gasteiger partial charge >= 0.3 is 0 Å². The van der Waals surface area contributed by atoms with Crippen LogP contribution in [0.1, 0.15) is 0 Å². The van der Waals surface area contributed by atoms with E-state index in [4.69, 9.17) is 4.74 Å². The fourth-order valence-electron chi connectivity index (χ4n) is 1.22. The minimum Gasteiger partial charge on any atom is -0.496 e. The highest BCUT2D eigenvalue weighted by molar-refractivity contribution is 9.10. The van der Waals surface area contributed by atoms with Gasteiger partial charge in [-0.05, 0) is 25.5 Å². The van der Waals surface area contributed by atoms with E-state index in [0.717, 1.165) is 0 Å². The van der Waals surface area contributed by atoms with Crippen LogP contribution in [-0.2, 0) is 4.57 Å². The van der Waals surface area contributed by atoms with E-state index in [2.05, 4.69) is 15.9 Å². The lowest BCUT2D eigenvalue weighted by Gasteiger charge is -2.13. The number of rotatable bonds is 2. The first-order valence-corrected chi connectivity index (χ1v) is 7.34. The van der Waals surface area contributed by atoms with Crippen LogP contribution in [-0.4, -0.2) is 20.4 Å². The molecule has 0 fully saturated rings. The molecule has 1 aromatic carbocycles. The van der Waals surface area contributed by atoms with Gasteiger partial charge in [0.15, 0.2) is 0 Å². The first kappa shape index (κ1) is 11.7. The summed E-state index contributed by atoms with van der Waals surface area (Å²) in [4.78, 5) is 0. The zero-order valence-electron chi connectivity index (χ0n) is 8.17. The Balaban J connectivity index is 3.48. The van der Waals surface area contributed by atoms with Crippen LogP contribution in [0.15, 0.2) is 16.6 Å². The number of halogens is 2. The molecule has 0 aliphatic heterocycles. The third-order valence-electron chi connectivity index (χ3n) is 1.75. The Kier molecular flexibility index (Phi) is 3.38. The van der Waals surface area contributed by atoms with E-state index in [1.54, 1.807) is 6.07 Å². The lowest BCUT2D eigenvalue weighted by Crippen LogP contribution is -2.12. The fourth-order valence-corrected chi connectivity index (χ4v) is 2.90. The van der Waals surface area contributed by atoms with E-state index >= 15 is 0 Å². The molecule has 78 valence electrons. The first-order chi connectivity index (χ1) is 6.36. The molecule has 0 radical (unpaired) electrons. The van der Waals surface area contributed by atoms with Crippen LogP contribution in [0.4, 0.5) is 4.39 Å². The molecule has 0 heterocycles. The summed E-state index contributed by atoms with van der Waals surface area (Å²) >= 11 is 3.14. The van der Waals surface area contributed by atoms with Crippen molar-refractivity contribution in [2.24, 2.45) is 0 Å². The van der Waals surface area contributed by atoms with E-state index in [1.165, 1.54) is 26.5 Å². The fraction of sp³-hybridized carbons (Fsp3) is 0.333. The average molecular weight is 281 g/mol. The van der Waals surface area contributed by atoms with Crippen LogP contribution >= 0.6 is 23.1 Å². The van der Waals surface area contributed by atoms with Crippen molar-refractivity contribution in [3.05, 3.63) is 22.4 Å². The Hall–Kier alpha value is -0.340. The highest BCUT2D eigenvalue weighted by atomic mass is 79.9. The van der Waals surface area contributed by atoms with Crippen LogP contribution < -0.4 is 10.0 Å². The predicted octanol–water partition coefficient (Wildman–Crippen LogP) is 2.84. The van der Waals surface area contributed by atoms with Gasteiger partial charge < -0.3 is 9.30 Å². The molecule has 2 nitrogen and oxygen atoms in total. The second kappa shape index (κ2) is 4.03. The van der Waals surface area contributed by atoms with Gasteiger partial charge in [-0.15, -0.1) is 0 Å². The van der Waals surface area contributed by atoms with Crippen molar-refractivity contribution >= 4 is 28.4 Å². The highest BCUT2D eigenvalue weighted by Crippen LogP contribution is 2.40. The van der Waals surface area contributed by atoms with Crippen LogP contribution in [0.3, 0.4) is 0 Å². The van der Waals surface area contributed by atoms with Crippen LogP contribution in [0.5, 0.6) is 5.75 Å². The first-order valence-electron chi connectivity index (χ1n) is 3.95. The molecule has 5 heteroatoms. The molecule has 0 amide bonds. The molecule has 0 saturated heterocycles. The summed E-state index contributed by atoms with van der Waals surface area (Å²) in [6, 6.07) is 2.90. The molecular formula is C9H11BrFO2P. The maximum absolute atomic E-state index is 13.5. The zero-order valence-corrected chi connectivity index (χ0v) is 10.7. The Morgan fingerprint density at radius 3 is 2.43 bits per heavy atom. The van der Waals surface area contributed by atoms with Gasteiger partial charge in [0, 0.05) is 4.47 Å². The smallest absolute Gasteiger partial charge is 0.138 e. The zero-order chi connectivity index (χ0) is 10.9. The van der Waals surface area contributed by atoms with Crippen molar-refractivity contribution in [1.82, 2.24) is 0 Å². The van der Waals surface area contributed by atoms with Gasteiger partial charge in [-0.3, -0.25) is 0 Å². The van der Waals surface area contributed by atoms with Crippen molar-refractivity contribution in [3.8, 4) is 5.75 Å². The van der Waals surface area contributed by atoms with Gasteiger partial charge in [-0.2, -0.15) is 0 Å². The maximum Gasteiger partial charge on any atom is 0.138 e. The summed E-state index contributed by atoms with van der Waals surface area (Å²) in [6.45, 7) is 3.03. The summed E-state index contributed by atoms with van der Waals surface area (Å²) < 4.78 is 30.9. The number of hydrogen-bond donors (Lipinski definition) is 0. The van der Waals surface area contributed by atoms with Crippen molar-refractivity contribution in [2.45, 2.75) is 0 Å². The summed E-state index contributed by atoms with van der Waals surface area (Å²) in [7, 11) is -1.22. The van der Waals surface area contributed by atoms with Crippen LogP contribution in [0, 0.1) is 5.82 Å². The second-order valence-corrected chi connectivity index (χ2v) is 7.35. The third kappa shape index (κ3) is 2.37. The van der Waals surface area contributed by atoms with Gasteiger partial charge in [0.2, 0.25) is 0 Å². The van der Waals surface area contributed by atoms with E-state index < -0.39 is 13.0 Å². The summed E-state index contributed by atoms with van der Waals surface area (Å²) in [5, 5.41) is 0.170. The van der Waals surface area contributed by atoms with Crippen molar-refractivity contribution < 1.29 is 13.7 Å². The van der Waals surface area contributed by atoms with Gasteiger partial charge in [-0.1, -0.05) is 15.9 Å². The SMILES string of the molecule is COc1cc(Br)cc(F)c1P(C)(C)=O. The van der Waals surface area contributed by atoms with Crippen molar-refractivity contribution in [3.63, 3.8) is 0 Å². The molecular weight excluding hydrogens is 270 g/mol. The van der Waals surface area contributed by atoms with E-state index in [1.807, 2.05) is 0 Å². The number of methoxy groups -OCH3 is 1. The number of ether oxygens (including phenoxy) is 1. The van der Waals surface area contributed by atoms with E-state index in [9.17, 15) is 8.96 Å². The summed E-state index contributed by atoms with van der Waals surface area (Å²) in [5.41, 5.74) is 0. The minimum atomic E-state index is -2.65. The molecule has 0 aromatic heterocycles. The lowest BCUT2D eigenvalue weighted by molar-refractivity contribution is 0.415. The molecule has 0 aliphatic rings. The van der Waals surface area contributed by atoms with E-state index in [-0.39, 0.29) is 5.30 Å². The van der Waals surface area contributed by atoms with Gasteiger partial charge in [0.25, 0.3) is 0 Å². The third-order valence-corrected chi connectivity index (χ3v) is 3.72. The molecule has 0 atom stereocenters. The molecule has 0 saturated carbocycles. The molecule has 14 heavy (non-hydrogen) atoms. The maximum atomic E-state index is 13.5. The van der Waals surface area contributed by atoms with Crippen LogP contribution in [0.2, 0.25) is 0 Å². The molecule has 0 spiro atoms. The topological polar surface area (TPSA) is 26.3 Å². The van der Waals surface area contributed by atoms with Crippen molar-refractivity contribution in [2.75, 3.05) is 20.4 Å². The second-order valence-electron chi connectivity index (χ2n) is 3.29.